The second kappa shape index (κ2) is 5.95. The van der Waals surface area contributed by atoms with Gasteiger partial charge in [0, 0.05) is 12.1 Å². The standard InChI is InChI=1S/C14H13Cl2NOS/c1-9(10-4-3-5-11(15)8-10)17(2)14(18)12-6-7-13(16)19-12/h3-9H,1-2H3. The maximum absolute atomic E-state index is 12.3. The fourth-order valence-corrected chi connectivity index (χ4v) is 2.99. The zero-order valence-electron chi connectivity index (χ0n) is 10.6. The Bertz CT molecular complexity index is 597. The van der Waals surface area contributed by atoms with E-state index in [0.29, 0.717) is 14.2 Å². The Morgan fingerprint density at radius 2 is 2.00 bits per heavy atom. The Kier molecular flexibility index (Phi) is 4.50. The van der Waals surface area contributed by atoms with E-state index in [4.69, 9.17) is 23.2 Å². The minimum absolute atomic E-state index is 0.0376. The molecule has 100 valence electrons. The molecule has 0 saturated heterocycles. The van der Waals surface area contributed by atoms with E-state index in [0.717, 1.165) is 5.56 Å². The fraction of sp³-hybridized carbons (Fsp3) is 0.214. The zero-order chi connectivity index (χ0) is 14.0. The Morgan fingerprint density at radius 1 is 1.26 bits per heavy atom. The predicted octanol–water partition coefficient (Wildman–Crippen LogP) is 4.89. The molecule has 0 fully saturated rings. The molecule has 0 radical (unpaired) electrons. The molecule has 1 aromatic carbocycles. The molecule has 5 heteroatoms. The van der Waals surface area contributed by atoms with Crippen molar-refractivity contribution in [3.05, 3.63) is 56.2 Å². The van der Waals surface area contributed by atoms with Crippen molar-refractivity contribution in [1.82, 2.24) is 4.90 Å². The summed E-state index contributed by atoms with van der Waals surface area (Å²) in [5.41, 5.74) is 1.01. The molecule has 2 aromatic rings. The van der Waals surface area contributed by atoms with Crippen LogP contribution in [0.1, 0.15) is 28.2 Å². The second-order valence-electron chi connectivity index (χ2n) is 4.25. The van der Waals surface area contributed by atoms with Crippen LogP contribution in [0, 0.1) is 0 Å². The first-order chi connectivity index (χ1) is 8.99. The van der Waals surface area contributed by atoms with Gasteiger partial charge in [0.1, 0.15) is 0 Å². The molecular formula is C14H13Cl2NOS. The first kappa shape index (κ1) is 14.4. The summed E-state index contributed by atoms with van der Waals surface area (Å²) in [6.45, 7) is 1.97. The van der Waals surface area contributed by atoms with Crippen molar-refractivity contribution in [2.45, 2.75) is 13.0 Å². The Balaban J connectivity index is 2.19. The number of nitrogens with zero attached hydrogens (tertiary/aromatic N) is 1. The molecular weight excluding hydrogens is 301 g/mol. The van der Waals surface area contributed by atoms with Gasteiger partial charge < -0.3 is 4.90 Å². The SMILES string of the molecule is CC(c1cccc(Cl)c1)N(C)C(=O)c1ccc(Cl)s1. The van der Waals surface area contributed by atoms with Crippen LogP contribution >= 0.6 is 34.5 Å². The first-order valence-corrected chi connectivity index (χ1v) is 7.34. The van der Waals surface area contributed by atoms with E-state index in [1.165, 1.54) is 11.3 Å². The van der Waals surface area contributed by atoms with Gasteiger partial charge in [0.05, 0.1) is 15.3 Å². The average molecular weight is 314 g/mol. The van der Waals surface area contributed by atoms with Crippen molar-refractivity contribution in [1.29, 1.82) is 0 Å². The molecule has 0 aliphatic carbocycles. The Labute approximate surface area is 126 Å². The summed E-state index contributed by atoms with van der Waals surface area (Å²) >= 11 is 13.1. The number of halogens is 2. The van der Waals surface area contributed by atoms with Crippen molar-refractivity contribution in [2.24, 2.45) is 0 Å². The van der Waals surface area contributed by atoms with Crippen LogP contribution in [0.2, 0.25) is 9.36 Å². The van der Waals surface area contributed by atoms with Gasteiger partial charge in [-0.3, -0.25) is 4.79 Å². The van der Waals surface area contributed by atoms with Gasteiger partial charge in [-0.25, -0.2) is 0 Å². The van der Waals surface area contributed by atoms with Gasteiger partial charge in [0.15, 0.2) is 0 Å². The Morgan fingerprint density at radius 3 is 2.58 bits per heavy atom. The molecule has 1 heterocycles. The highest BCUT2D eigenvalue weighted by Crippen LogP contribution is 2.27. The molecule has 0 aliphatic heterocycles. The van der Waals surface area contributed by atoms with Gasteiger partial charge in [-0.1, -0.05) is 35.3 Å². The number of hydrogen-bond acceptors (Lipinski definition) is 2. The van der Waals surface area contributed by atoms with E-state index in [1.54, 1.807) is 24.1 Å². The summed E-state index contributed by atoms with van der Waals surface area (Å²) in [6.07, 6.45) is 0. The highest BCUT2D eigenvalue weighted by Gasteiger charge is 2.20. The van der Waals surface area contributed by atoms with Crippen LogP contribution in [0.25, 0.3) is 0 Å². The largest absolute Gasteiger partial charge is 0.334 e. The highest BCUT2D eigenvalue weighted by molar-refractivity contribution is 7.17. The normalized spacial score (nSPS) is 12.2. The lowest BCUT2D eigenvalue weighted by Gasteiger charge is -2.25. The lowest BCUT2D eigenvalue weighted by molar-refractivity contribution is 0.0747. The third-order valence-electron chi connectivity index (χ3n) is 3.02. The van der Waals surface area contributed by atoms with Gasteiger partial charge in [-0.2, -0.15) is 0 Å². The molecule has 0 bridgehead atoms. The van der Waals surface area contributed by atoms with E-state index in [1.807, 2.05) is 31.2 Å². The predicted molar refractivity (Wildman–Crippen MR) is 81.3 cm³/mol. The van der Waals surface area contributed by atoms with Crippen molar-refractivity contribution in [3.63, 3.8) is 0 Å². The molecule has 19 heavy (non-hydrogen) atoms. The van der Waals surface area contributed by atoms with Crippen LogP contribution in [-0.4, -0.2) is 17.9 Å². The smallest absolute Gasteiger partial charge is 0.264 e. The van der Waals surface area contributed by atoms with E-state index in [9.17, 15) is 4.79 Å². The average Bonchev–Trinajstić information content (AvgIpc) is 2.83. The molecule has 1 amide bonds. The van der Waals surface area contributed by atoms with Gasteiger partial charge in [-0.05, 0) is 36.8 Å². The molecule has 1 atom stereocenters. The molecule has 2 nitrogen and oxygen atoms in total. The van der Waals surface area contributed by atoms with Crippen LogP contribution in [-0.2, 0) is 0 Å². The van der Waals surface area contributed by atoms with Crippen molar-refractivity contribution < 1.29 is 4.79 Å². The van der Waals surface area contributed by atoms with Gasteiger partial charge in [0.25, 0.3) is 5.91 Å². The maximum atomic E-state index is 12.3. The van der Waals surface area contributed by atoms with Crippen molar-refractivity contribution >= 4 is 40.4 Å². The molecule has 0 N–H and O–H groups in total. The number of benzene rings is 1. The summed E-state index contributed by atoms with van der Waals surface area (Å²) in [7, 11) is 1.78. The molecule has 0 aliphatic rings. The minimum Gasteiger partial charge on any atom is -0.334 e. The van der Waals surface area contributed by atoms with Gasteiger partial charge in [-0.15, -0.1) is 11.3 Å². The van der Waals surface area contributed by atoms with Crippen LogP contribution in [0.3, 0.4) is 0 Å². The van der Waals surface area contributed by atoms with E-state index >= 15 is 0 Å². The monoisotopic (exact) mass is 313 g/mol. The lowest BCUT2D eigenvalue weighted by Crippen LogP contribution is -2.29. The molecule has 1 aromatic heterocycles. The van der Waals surface area contributed by atoms with Crippen LogP contribution in [0.4, 0.5) is 0 Å². The number of thiophene rings is 1. The van der Waals surface area contributed by atoms with Crippen molar-refractivity contribution in [3.8, 4) is 0 Å². The number of carbonyl (C=O) groups is 1. The minimum atomic E-state index is -0.0490. The third kappa shape index (κ3) is 3.30. The summed E-state index contributed by atoms with van der Waals surface area (Å²) < 4.78 is 0.618. The van der Waals surface area contributed by atoms with Crippen LogP contribution < -0.4 is 0 Å². The number of carbonyl (C=O) groups excluding carboxylic acids is 1. The first-order valence-electron chi connectivity index (χ1n) is 5.77. The number of hydrogen-bond donors (Lipinski definition) is 0. The molecule has 2 rings (SSSR count). The van der Waals surface area contributed by atoms with Crippen molar-refractivity contribution in [2.75, 3.05) is 7.05 Å². The zero-order valence-corrected chi connectivity index (χ0v) is 12.9. The molecule has 0 saturated carbocycles. The summed E-state index contributed by atoms with van der Waals surface area (Å²) in [5.74, 6) is -0.0376. The number of rotatable bonds is 3. The van der Waals surface area contributed by atoms with Crippen LogP contribution in [0.15, 0.2) is 36.4 Å². The fourth-order valence-electron chi connectivity index (χ4n) is 1.77. The highest BCUT2D eigenvalue weighted by atomic mass is 35.5. The van der Waals surface area contributed by atoms with Crippen LogP contribution in [0.5, 0.6) is 0 Å². The molecule has 1 unspecified atom stereocenters. The maximum Gasteiger partial charge on any atom is 0.264 e. The number of amides is 1. The Hall–Kier alpha value is -1.03. The third-order valence-corrected chi connectivity index (χ3v) is 4.47. The van der Waals surface area contributed by atoms with E-state index in [2.05, 4.69) is 0 Å². The summed E-state index contributed by atoms with van der Waals surface area (Å²) in [6, 6.07) is 11.0. The second-order valence-corrected chi connectivity index (χ2v) is 6.40. The topological polar surface area (TPSA) is 20.3 Å². The molecule has 0 spiro atoms. The van der Waals surface area contributed by atoms with Gasteiger partial charge >= 0.3 is 0 Å². The van der Waals surface area contributed by atoms with Gasteiger partial charge in [0.2, 0.25) is 0 Å². The summed E-state index contributed by atoms with van der Waals surface area (Å²) in [5, 5.41) is 0.671. The quantitative estimate of drug-likeness (QED) is 0.790. The summed E-state index contributed by atoms with van der Waals surface area (Å²) in [4.78, 5) is 14.6. The van der Waals surface area contributed by atoms with E-state index < -0.39 is 0 Å². The lowest BCUT2D eigenvalue weighted by atomic mass is 10.1. The van der Waals surface area contributed by atoms with E-state index in [-0.39, 0.29) is 11.9 Å².